The molecule has 2 N–H and O–H groups in total. The molecule has 1 aliphatic heterocycles. The molecule has 0 saturated carbocycles. The minimum absolute atomic E-state index is 0. The topological polar surface area (TPSA) is 63.7 Å². The summed E-state index contributed by atoms with van der Waals surface area (Å²) in [6, 6.07) is 3.47. The average molecular weight is 440 g/mol. The molecule has 8 heteroatoms. The molecule has 1 aromatic heterocycles. The molecule has 2 heterocycles. The molecule has 0 bridgehead atoms. The van der Waals surface area contributed by atoms with Crippen LogP contribution >= 0.6 is 24.0 Å². The van der Waals surface area contributed by atoms with Crippen LogP contribution in [0.3, 0.4) is 0 Å². The van der Waals surface area contributed by atoms with Gasteiger partial charge in [0.25, 0.3) is 6.43 Å². The van der Waals surface area contributed by atoms with Gasteiger partial charge in [-0.25, -0.2) is 18.8 Å². The summed E-state index contributed by atoms with van der Waals surface area (Å²) in [6.45, 7) is 3.63. The third kappa shape index (κ3) is 6.44. The molecule has 0 aromatic carbocycles. The van der Waals surface area contributed by atoms with Crippen molar-refractivity contribution in [2.75, 3.05) is 19.7 Å². The Kier molecular flexibility index (Phi) is 8.49. The molecule has 1 aliphatic rings. The quantitative estimate of drug-likeness (QED) is 0.435. The van der Waals surface area contributed by atoms with Crippen LogP contribution in [0.25, 0.3) is 0 Å². The van der Waals surface area contributed by atoms with Gasteiger partial charge in [0, 0.05) is 24.8 Å². The number of guanidine groups is 1. The lowest BCUT2D eigenvalue weighted by Gasteiger charge is -2.31. The maximum absolute atomic E-state index is 12.2. The molecule has 1 aromatic rings. The highest BCUT2D eigenvalue weighted by Gasteiger charge is 2.17. The van der Waals surface area contributed by atoms with Gasteiger partial charge in [-0.3, -0.25) is 0 Å². The molecule has 1 fully saturated rings. The maximum Gasteiger partial charge on any atom is 0.272 e. The van der Waals surface area contributed by atoms with Crippen molar-refractivity contribution in [1.29, 1.82) is 0 Å². The Labute approximate surface area is 152 Å². The second-order valence-electron chi connectivity index (χ2n) is 5.51. The van der Waals surface area contributed by atoms with E-state index >= 15 is 0 Å². The first-order valence-electron chi connectivity index (χ1n) is 7.46. The van der Waals surface area contributed by atoms with Crippen LogP contribution < -0.4 is 10.5 Å². The van der Waals surface area contributed by atoms with E-state index in [1.807, 2.05) is 0 Å². The van der Waals surface area contributed by atoms with Crippen LogP contribution in [-0.2, 0) is 6.54 Å². The lowest BCUT2D eigenvalue weighted by Crippen LogP contribution is -2.42. The molecular formula is C15H23F2IN4O. The van der Waals surface area contributed by atoms with Gasteiger partial charge in [0.15, 0.2) is 12.6 Å². The molecule has 0 radical (unpaired) electrons. The number of alkyl halides is 2. The predicted octanol–water partition coefficient (Wildman–Crippen LogP) is 2.89. The highest BCUT2D eigenvalue weighted by Crippen LogP contribution is 2.18. The largest absolute Gasteiger partial charge is 0.471 e. The first-order chi connectivity index (χ1) is 10.6. The number of hydrogen-bond donors (Lipinski definition) is 1. The van der Waals surface area contributed by atoms with Gasteiger partial charge in [-0.2, -0.15) is 0 Å². The summed E-state index contributed by atoms with van der Waals surface area (Å²) in [7, 11) is 0. The van der Waals surface area contributed by atoms with Gasteiger partial charge in [0.1, 0.15) is 0 Å². The second kappa shape index (κ2) is 9.84. The van der Waals surface area contributed by atoms with Gasteiger partial charge >= 0.3 is 0 Å². The number of aliphatic imine (C=N–C) groups is 1. The number of nitrogens with zero attached hydrogens (tertiary/aromatic N) is 3. The van der Waals surface area contributed by atoms with Crippen molar-refractivity contribution in [3.8, 4) is 5.88 Å². The number of halogens is 3. The van der Waals surface area contributed by atoms with E-state index in [-0.39, 0.29) is 36.4 Å². The van der Waals surface area contributed by atoms with Gasteiger partial charge in [-0.15, -0.1) is 24.0 Å². The molecule has 0 spiro atoms. The van der Waals surface area contributed by atoms with Crippen LogP contribution in [0.15, 0.2) is 23.3 Å². The molecule has 0 aliphatic carbocycles. The Bertz CT molecular complexity index is 508. The first kappa shape index (κ1) is 19.9. The predicted molar refractivity (Wildman–Crippen MR) is 96.4 cm³/mol. The van der Waals surface area contributed by atoms with Crippen LogP contribution in [0.2, 0.25) is 0 Å². The highest BCUT2D eigenvalue weighted by molar-refractivity contribution is 14.0. The summed E-state index contributed by atoms with van der Waals surface area (Å²) in [4.78, 5) is 10.4. The third-order valence-electron chi connectivity index (χ3n) is 3.72. The fourth-order valence-electron chi connectivity index (χ4n) is 2.32. The molecule has 5 nitrogen and oxygen atoms in total. The summed E-state index contributed by atoms with van der Waals surface area (Å²) in [5.74, 6) is 1.39. The Hall–Kier alpha value is -1.19. The number of piperidine rings is 1. The van der Waals surface area contributed by atoms with Crippen LogP contribution in [-0.4, -0.2) is 42.0 Å². The second-order valence-corrected chi connectivity index (χ2v) is 5.51. The fraction of sp³-hybridized carbons (Fsp3) is 0.600. The Balaban J connectivity index is 0.00000264. The number of aromatic nitrogens is 1. The molecule has 0 atom stereocenters. The SMILES string of the molecule is CC1CCN(C(N)=NCc2cccnc2OCC(F)F)CC1.I. The minimum atomic E-state index is -2.53. The third-order valence-corrected chi connectivity index (χ3v) is 3.72. The van der Waals surface area contributed by atoms with Crippen molar-refractivity contribution in [3.63, 3.8) is 0 Å². The zero-order chi connectivity index (χ0) is 15.9. The number of rotatable bonds is 5. The van der Waals surface area contributed by atoms with Crippen LogP contribution in [0.4, 0.5) is 8.78 Å². The minimum Gasteiger partial charge on any atom is -0.471 e. The molecule has 2 rings (SSSR count). The number of pyridine rings is 1. The summed E-state index contributed by atoms with van der Waals surface area (Å²) in [5.41, 5.74) is 6.66. The summed E-state index contributed by atoms with van der Waals surface area (Å²) in [5, 5.41) is 0. The lowest BCUT2D eigenvalue weighted by molar-refractivity contribution is 0.0791. The normalized spacial score (nSPS) is 16.3. The molecule has 0 unspecified atom stereocenters. The lowest BCUT2D eigenvalue weighted by atomic mass is 10.00. The van der Waals surface area contributed by atoms with Gasteiger partial charge in [-0.05, 0) is 24.8 Å². The van der Waals surface area contributed by atoms with E-state index in [9.17, 15) is 8.78 Å². The van der Waals surface area contributed by atoms with Crippen molar-refractivity contribution in [3.05, 3.63) is 23.9 Å². The number of likely N-dealkylation sites (tertiary alicyclic amines) is 1. The molecule has 23 heavy (non-hydrogen) atoms. The van der Waals surface area contributed by atoms with E-state index in [2.05, 4.69) is 21.8 Å². The van der Waals surface area contributed by atoms with E-state index in [1.54, 1.807) is 12.1 Å². The Morgan fingerprint density at radius 3 is 2.83 bits per heavy atom. The van der Waals surface area contributed by atoms with E-state index < -0.39 is 13.0 Å². The van der Waals surface area contributed by atoms with Crippen LogP contribution in [0, 0.1) is 5.92 Å². The first-order valence-corrected chi connectivity index (χ1v) is 7.46. The molecule has 0 amide bonds. The van der Waals surface area contributed by atoms with Gasteiger partial charge in [-0.1, -0.05) is 13.0 Å². The Morgan fingerprint density at radius 2 is 2.17 bits per heavy atom. The number of ether oxygens (including phenoxy) is 1. The van der Waals surface area contributed by atoms with E-state index in [0.29, 0.717) is 11.5 Å². The van der Waals surface area contributed by atoms with Gasteiger partial charge < -0.3 is 15.4 Å². The van der Waals surface area contributed by atoms with E-state index in [1.165, 1.54) is 6.20 Å². The zero-order valence-corrected chi connectivity index (χ0v) is 15.5. The van der Waals surface area contributed by atoms with Crippen LogP contribution in [0.5, 0.6) is 5.88 Å². The van der Waals surface area contributed by atoms with E-state index in [4.69, 9.17) is 10.5 Å². The van der Waals surface area contributed by atoms with Crippen molar-refractivity contribution in [2.45, 2.75) is 32.7 Å². The van der Waals surface area contributed by atoms with Crippen molar-refractivity contribution in [2.24, 2.45) is 16.6 Å². The average Bonchev–Trinajstić information content (AvgIpc) is 2.52. The van der Waals surface area contributed by atoms with Crippen molar-refractivity contribution < 1.29 is 13.5 Å². The summed E-state index contributed by atoms with van der Waals surface area (Å²) >= 11 is 0. The van der Waals surface area contributed by atoms with Gasteiger partial charge in [0.05, 0.1) is 6.54 Å². The zero-order valence-electron chi connectivity index (χ0n) is 13.1. The summed E-state index contributed by atoms with van der Waals surface area (Å²) < 4.78 is 29.5. The number of hydrogen-bond acceptors (Lipinski definition) is 3. The molecular weight excluding hydrogens is 417 g/mol. The van der Waals surface area contributed by atoms with Crippen molar-refractivity contribution in [1.82, 2.24) is 9.88 Å². The summed E-state index contributed by atoms with van der Waals surface area (Å²) in [6.07, 6.45) is 1.18. The van der Waals surface area contributed by atoms with E-state index in [0.717, 1.165) is 31.8 Å². The smallest absolute Gasteiger partial charge is 0.272 e. The van der Waals surface area contributed by atoms with Crippen LogP contribution in [0.1, 0.15) is 25.3 Å². The Morgan fingerprint density at radius 1 is 1.48 bits per heavy atom. The fourth-order valence-corrected chi connectivity index (χ4v) is 2.32. The molecule has 130 valence electrons. The van der Waals surface area contributed by atoms with Crippen molar-refractivity contribution >= 4 is 29.9 Å². The maximum atomic E-state index is 12.2. The molecule has 1 saturated heterocycles. The van der Waals surface area contributed by atoms with Gasteiger partial charge in [0.2, 0.25) is 5.88 Å². The number of nitrogens with two attached hydrogens (primary N) is 1. The highest BCUT2D eigenvalue weighted by atomic mass is 127. The monoisotopic (exact) mass is 440 g/mol. The standard InChI is InChI=1S/C15H22F2N4O.HI/c1-11-4-7-21(8-5-11)15(18)20-9-12-3-2-6-19-14(12)22-10-13(16)17;/h2-3,6,11,13H,4-5,7-10H2,1H3,(H2,18,20);1H.